The summed E-state index contributed by atoms with van der Waals surface area (Å²) < 4.78 is 13.0. The molecular formula is C54H58N8O6. The lowest BCUT2D eigenvalue weighted by Crippen LogP contribution is -2.45. The molecule has 4 aliphatic rings. The van der Waals surface area contributed by atoms with Gasteiger partial charge in [-0.25, -0.2) is 9.97 Å². The molecule has 6 aromatic rings. The number of rotatable bonds is 10. The lowest BCUT2D eigenvalue weighted by atomic mass is 9.87. The van der Waals surface area contributed by atoms with E-state index in [1.165, 1.54) is 0 Å². The Hall–Kier alpha value is -7.22. The normalized spacial score (nSPS) is 18.3. The highest BCUT2D eigenvalue weighted by atomic mass is 16.5. The number of imidazole rings is 2. The van der Waals surface area contributed by atoms with Gasteiger partial charge in [-0.1, -0.05) is 102 Å². The third-order valence-electron chi connectivity index (χ3n) is 13.6. The van der Waals surface area contributed by atoms with Crippen molar-refractivity contribution in [2.24, 2.45) is 10.8 Å². The molecule has 4 amide bonds. The third-order valence-corrected chi connectivity index (χ3v) is 13.6. The summed E-state index contributed by atoms with van der Waals surface area (Å²) >= 11 is 0. The van der Waals surface area contributed by atoms with Crippen LogP contribution in [0.2, 0.25) is 0 Å². The summed E-state index contributed by atoms with van der Waals surface area (Å²) in [6.45, 7) is 12.8. The predicted octanol–water partition coefficient (Wildman–Crippen LogP) is 9.05. The van der Waals surface area contributed by atoms with Crippen LogP contribution in [0.25, 0.3) is 33.6 Å². The summed E-state index contributed by atoms with van der Waals surface area (Å²) in [5.74, 6) is 2.21. The number of aromatic nitrogens is 4. The van der Waals surface area contributed by atoms with Gasteiger partial charge < -0.3 is 39.9 Å². The molecule has 4 N–H and O–H groups in total. The highest BCUT2D eigenvalue weighted by Gasteiger charge is 2.40. The van der Waals surface area contributed by atoms with Gasteiger partial charge in [0.15, 0.2) is 0 Å². The molecule has 0 spiro atoms. The first-order chi connectivity index (χ1) is 32.6. The number of aromatic amines is 2. The van der Waals surface area contributed by atoms with Crippen molar-refractivity contribution in [1.29, 1.82) is 0 Å². The van der Waals surface area contributed by atoms with Gasteiger partial charge in [0, 0.05) is 57.3 Å². The van der Waals surface area contributed by atoms with Gasteiger partial charge in [0.25, 0.3) is 0 Å². The number of carbonyl (C=O) groups excluding carboxylic acids is 4. The number of carbonyl (C=O) groups is 4. The smallest absolute Gasteiger partial charge is 0.250 e. The summed E-state index contributed by atoms with van der Waals surface area (Å²) in [5, 5.41) is 6.07. The number of H-pyrrole nitrogens is 2. The third kappa shape index (κ3) is 8.41. The van der Waals surface area contributed by atoms with E-state index < -0.39 is 22.9 Å². The highest BCUT2D eigenvalue weighted by Crippen LogP contribution is 2.51. The monoisotopic (exact) mass is 914 g/mol. The SMILES string of the molecule is CC(C)(C)C(=O)N[C@@H](C(=O)N1CCC[C@H]1c1ncc(-c2cc3c4c(c2)OCc2cc(-c5cnc([C@@H]6CCCN6C(=O)[C@H](NC(=O)C(C)(C)C)c6ccccc6)[nH]5)cc(c2-4)OC3)[nH]1)c1ccccc1. The first-order valence-corrected chi connectivity index (χ1v) is 23.7. The van der Waals surface area contributed by atoms with Gasteiger partial charge in [0.1, 0.15) is 48.4 Å². The van der Waals surface area contributed by atoms with E-state index >= 15 is 0 Å². The topological polar surface area (TPSA) is 175 Å². The Bertz CT molecular complexity index is 2660. The quantitative estimate of drug-likeness (QED) is 0.105. The Morgan fingerprint density at radius 1 is 0.603 bits per heavy atom. The fourth-order valence-corrected chi connectivity index (χ4v) is 9.82. The minimum Gasteiger partial charge on any atom is -0.488 e. The molecule has 2 saturated heterocycles. The van der Waals surface area contributed by atoms with Crippen LogP contribution in [-0.4, -0.2) is 66.5 Å². The molecule has 6 heterocycles. The van der Waals surface area contributed by atoms with Crippen molar-refractivity contribution >= 4 is 23.6 Å². The number of amides is 4. The maximum atomic E-state index is 14.3. The molecule has 14 heteroatoms. The maximum absolute atomic E-state index is 14.3. The minimum absolute atomic E-state index is 0.160. The fourth-order valence-electron chi connectivity index (χ4n) is 9.82. The van der Waals surface area contributed by atoms with Crippen LogP contribution in [-0.2, 0) is 32.4 Å². The van der Waals surface area contributed by atoms with Crippen molar-refractivity contribution in [1.82, 2.24) is 40.4 Å². The Labute approximate surface area is 396 Å². The molecule has 4 atom stereocenters. The van der Waals surface area contributed by atoms with Gasteiger partial charge in [-0.3, -0.25) is 19.2 Å². The van der Waals surface area contributed by atoms with Gasteiger partial charge in [-0.05, 0) is 61.1 Å². The van der Waals surface area contributed by atoms with E-state index in [0.29, 0.717) is 38.0 Å². The molecule has 2 aromatic heterocycles. The van der Waals surface area contributed by atoms with Crippen LogP contribution in [0.3, 0.4) is 0 Å². The first kappa shape index (κ1) is 44.6. The van der Waals surface area contributed by atoms with Crippen molar-refractivity contribution in [3.05, 3.63) is 131 Å². The van der Waals surface area contributed by atoms with E-state index in [2.05, 4.69) is 32.7 Å². The van der Waals surface area contributed by atoms with E-state index in [4.69, 9.17) is 19.4 Å². The Balaban J connectivity index is 0.875. The van der Waals surface area contributed by atoms with Gasteiger partial charge in [-0.15, -0.1) is 0 Å². The number of nitrogens with one attached hydrogen (secondary N) is 4. The van der Waals surface area contributed by atoms with Crippen molar-refractivity contribution in [3.63, 3.8) is 0 Å². The first-order valence-electron chi connectivity index (χ1n) is 23.7. The number of benzene rings is 4. The van der Waals surface area contributed by atoms with Crippen LogP contribution in [0.5, 0.6) is 11.5 Å². The molecule has 14 nitrogen and oxygen atoms in total. The molecule has 0 bridgehead atoms. The minimum atomic E-state index is -0.820. The summed E-state index contributed by atoms with van der Waals surface area (Å²) in [6, 6.07) is 24.9. The molecule has 4 aliphatic heterocycles. The lowest BCUT2D eigenvalue weighted by molar-refractivity contribution is -0.139. The molecule has 0 saturated carbocycles. The van der Waals surface area contributed by atoms with Gasteiger partial charge in [-0.2, -0.15) is 0 Å². The van der Waals surface area contributed by atoms with Crippen molar-refractivity contribution < 1.29 is 28.7 Å². The second kappa shape index (κ2) is 17.5. The standard InChI is InChI=1S/C54H58N8O6/c1-53(2,3)51(65)59-45(31-15-9-7-10-16-31)49(63)61-21-13-19-39(61)47-55-27-37(57-47)33-23-35-29-68-42-26-34(24-36-30-67-41(25-33)43(35)44(36)42)38-28-56-48(58-38)40-20-14-22-62(40)50(64)46(32-17-11-8-12-18-32)60-52(66)54(4,5)6/h7-12,15-18,23-28,39-40,45-46H,13-14,19-22,29-30H2,1-6H3,(H,55,57)(H,56,58)(H,59,65)(H,60,66)/t39-,40-,45+,46+/m0/s1. The largest absolute Gasteiger partial charge is 0.488 e. The molecule has 10 rings (SSSR count). The zero-order valence-electron chi connectivity index (χ0n) is 39.4. The molecule has 0 unspecified atom stereocenters. The van der Waals surface area contributed by atoms with E-state index in [1.54, 1.807) is 0 Å². The average molecular weight is 915 g/mol. The summed E-state index contributed by atoms with van der Waals surface area (Å²) in [5.41, 5.74) is 7.56. The van der Waals surface area contributed by atoms with Crippen LogP contribution >= 0.6 is 0 Å². The number of hydrogen-bond acceptors (Lipinski definition) is 8. The zero-order valence-corrected chi connectivity index (χ0v) is 39.4. The number of nitrogens with zero attached hydrogens (tertiary/aromatic N) is 4. The van der Waals surface area contributed by atoms with Gasteiger partial charge >= 0.3 is 0 Å². The van der Waals surface area contributed by atoms with Crippen LogP contribution in [0, 0.1) is 10.8 Å². The highest BCUT2D eigenvalue weighted by molar-refractivity contribution is 5.92. The predicted molar refractivity (Wildman–Crippen MR) is 257 cm³/mol. The number of hydrogen-bond donors (Lipinski definition) is 4. The van der Waals surface area contributed by atoms with Crippen molar-refractivity contribution in [2.45, 2.75) is 105 Å². The van der Waals surface area contributed by atoms with Crippen LogP contribution < -0.4 is 20.1 Å². The van der Waals surface area contributed by atoms with Crippen LogP contribution in [0.4, 0.5) is 0 Å². The lowest BCUT2D eigenvalue weighted by Gasteiger charge is -2.31. The molecule has 0 radical (unpaired) electrons. The van der Waals surface area contributed by atoms with Gasteiger partial charge in [0.05, 0.1) is 35.9 Å². The molecule has 0 aliphatic carbocycles. The van der Waals surface area contributed by atoms with Crippen LogP contribution in [0.1, 0.15) is 125 Å². The van der Waals surface area contributed by atoms with Crippen molar-refractivity contribution in [2.75, 3.05) is 13.1 Å². The summed E-state index contributed by atoms with van der Waals surface area (Å²) in [4.78, 5) is 75.5. The number of ether oxygens (including phenoxy) is 2. The fraction of sp³-hybridized carbons (Fsp3) is 0.370. The van der Waals surface area contributed by atoms with E-state index in [9.17, 15) is 19.2 Å². The number of likely N-dealkylation sites (tertiary alicyclic amines) is 2. The molecule has 350 valence electrons. The van der Waals surface area contributed by atoms with E-state index in [1.807, 2.05) is 137 Å². The molecule has 68 heavy (non-hydrogen) atoms. The Morgan fingerprint density at radius 2 is 1.00 bits per heavy atom. The van der Waals surface area contributed by atoms with E-state index in [0.717, 1.165) is 93.1 Å². The summed E-state index contributed by atoms with van der Waals surface area (Å²) in [7, 11) is 0. The second-order valence-corrected chi connectivity index (χ2v) is 20.5. The van der Waals surface area contributed by atoms with Gasteiger partial charge in [0.2, 0.25) is 23.6 Å². The zero-order chi connectivity index (χ0) is 47.5. The Kier molecular flexibility index (Phi) is 11.5. The van der Waals surface area contributed by atoms with Crippen molar-refractivity contribution in [3.8, 4) is 45.1 Å². The average Bonchev–Trinajstić information content (AvgIpc) is 4.18. The second-order valence-electron chi connectivity index (χ2n) is 20.5. The van der Waals surface area contributed by atoms with E-state index in [-0.39, 0.29) is 35.7 Å². The summed E-state index contributed by atoms with van der Waals surface area (Å²) in [6.07, 6.45) is 6.74. The van der Waals surface area contributed by atoms with Crippen LogP contribution in [0.15, 0.2) is 97.3 Å². The molecule has 4 aromatic carbocycles. The molecule has 2 fully saturated rings. The molecular weight excluding hydrogens is 857 g/mol. The Morgan fingerprint density at radius 3 is 1.38 bits per heavy atom. The maximum Gasteiger partial charge on any atom is 0.250 e.